The first kappa shape index (κ1) is 17.5. The summed E-state index contributed by atoms with van der Waals surface area (Å²) in [5, 5.41) is 3.51. The number of rotatable bonds is 3. The lowest BCUT2D eigenvalue weighted by atomic mass is 9.96. The Bertz CT molecular complexity index is 645. The van der Waals surface area contributed by atoms with Gasteiger partial charge in [-0.15, -0.1) is 11.3 Å². The molecule has 1 aromatic rings. The standard InChI is InChI=1S/C16H23N3O3S/c1-9-7-11(18-15(22)16(2,3)4)23-12(9)14(21)19-6-5-10(8-19)13(17)20/h7,10H,5-6,8H2,1-4H3,(H2,17,20)(H,18,22). The Kier molecular flexibility index (Phi) is 4.79. The van der Waals surface area contributed by atoms with Gasteiger partial charge in [0.25, 0.3) is 5.91 Å². The summed E-state index contributed by atoms with van der Waals surface area (Å²) in [6, 6.07) is 1.81. The maximum absolute atomic E-state index is 12.6. The predicted octanol–water partition coefficient (Wildman–Crippen LogP) is 1.99. The van der Waals surface area contributed by atoms with E-state index in [0.29, 0.717) is 29.4 Å². The zero-order chi connectivity index (χ0) is 17.4. The molecule has 6 nitrogen and oxygen atoms in total. The van der Waals surface area contributed by atoms with E-state index in [1.54, 1.807) is 4.90 Å². The minimum atomic E-state index is -0.494. The molecule has 23 heavy (non-hydrogen) atoms. The van der Waals surface area contributed by atoms with Crippen molar-refractivity contribution in [2.45, 2.75) is 34.1 Å². The average molecular weight is 337 g/mol. The van der Waals surface area contributed by atoms with E-state index < -0.39 is 5.41 Å². The third kappa shape index (κ3) is 3.90. The molecule has 2 rings (SSSR count). The number of carbonyl (C=O) groups excluding carboxylic acids is 3. The van der Waals surface area contributed by atoms with Crippen molar-refractivity contribution in [2.75, 3.05) is 18.4 Å². The third-order valence-electron chi connectivity index (χ3n) is 3.91. The maximum Gasteiger partial charge on any atom is 0.264 e. The fraction of sp³-hybridized carbons (Fsp3) is 0.562. The molecule has 7 heteroatoms. The van der Waals surface area contributed by atoms with Gasteiger partial charge in [-0.2, -0.15) is 0 Å². The largest absolute Gasteiger partial charge is 0.369 e. The molecule has 0 bridgehead atoms. The predicted molar refractivity (Wildman–Crippen MR) is 90.3 cm³/mol. The Labute approximate surface area is 140 Å². The van der Waals surface area contributed by atoms with Gasteiger partial charge < -0.3 is 16.0 Å². The first-order chi connectivity index (χ1) is 10.6. The molecule has 0 spiro atoms. The summed E-state index contributed by atoms with van der Waals surface area (Å²) < 4.78 is 0. The lowest BCUT2D eigenvalue weighted by Crippen LogP contribution is -2.31. The molecule has 1 aliphatic rings. The van der Waals surface area contributed by atoms with Crippen molar-refractivity contribution in [3.05, 3.63) is 16.5 Å². The highest BCUT2D eigenvalue weighted by Gasteiger charge is 2.31. The number of aryl methyl sites for hydroxylation is 1. The highest BCUT2D eigenvalue weighted by molar-refractivity contribution is 7.18. The topological polar surface area (TPSA) is 92.5 Å². The summed E-state index contributed by atoms with van der Waals surface area (Å²) in [5.41, 5.74) is 5.64. The number of carbonyl (C=O) groups is 3. The molecular weight excluding hydrogens is 314 g/mol. The van der Waals surface area contributed by atoms with Crippen LogP contribution in [0.3, 0.4) is 0 Å². The number of primary amides is 1. The molecule has 3 amide bonds. The number of nitrogens with one attached hydrogen (secondary N) is 1. The lowest BCUT2D eigenvalue weighted by Gasteiger charge is -2.16. The van der Waals surface area contributed by atoms with Crippen LogP contribution >= 0.6 is 11.3 Å². The smallest absolute Gasteiger partial charge is 0.264 e. The molecule has 0 aliphatic carbocycles. The zero-order valence-electron chi connectivity index (χ0n) is 13.9. The van der Waals surface area contributed by atoms with Crippen molar-refractivity contribution in [1.29, 1.82) is 0 Å². The summed E-state index contributed by atoms with van der Waals surface area (Å²) in [6.45, 7) is 8.26. The van der Waals surface area contributed by atoms with Crippen LogP contribution in [-0.2, 0) is 9.59 Å². The van der Waals surface area contributed by atoms with Crippen LogP contribution in [0, 0.1) is 18.3 Å². The molecule has 1 saturated heterocycles. The van der Waals surface area contributed by atoms with Crippen molar-refractivity contribution in [2.24, 2.45) is 17.1 Å². The van der Waals surface area contributed by atoms with Crippen LogP contribution < -0.4 is 11.1 Å². The SMILES string of the molecule is Cc1cc(NC(=O)C(C)(C)C)sc1C(=O)N1CCC(C(N)=O)C1. The Morgan fingerprint density at radius 3 is 2.52 bits per heavy atom. The fourth-order valence-electron chi connectivity index (χ4n) is 2.38. The number of hydrogen-bond acceptors (Lipinski definition) is 4. The minimum absolute atomic E-state index is 0.0901. The number of nitrogens with zero attached hydrogens (tertiary/aromatic N) is 1. The molecule has 0 saturated carbocycles. The monoisotopic (exact) mass is 337 g/mol. The van der Waals surface area contributed by atoms with Gasteiger partial charge in [-0.1, -0.05) is 20.8 Å². The van der Waals surface area contributed by atoms with Crippen molar-refractivity contribution >= 4 is 34.1 Å². The highest BCUT2D eigenvalue weighted by atomic mass is 32.1. The van der Waals surface area contributed by atoms with Crippen molar-refractivity contribution in [1.82, 2.24) is 4.90 Å². The Morgan fingerprint density at radius 2 is 2.00 bits per heavy atom. The zero-order valence-corrected chi connectivity index (χ0v) is 14.8. The molecule has 1 atom stereocenters. The summed E-state index contributed by atoms with van der Waals surface area (Å²) in [4.78, 5) is 38.1. The van der Waals surface area contributed by atoms with Crippen LogP contribution in [0.1, 0.15) is 42.4 Å². The summed E-state index contributed by atoms with van der Waals surface area (Å²) >= 11 is 1.27. The van der Waals surface area contributed by atoms with Gasteiger partial charge in [0.05, 0.1) is 15.8 Å². The summed E-state index contributed by atoms with van der Waals surface area (Å²) in [5.74, 6) is -0.819. The molecule has 2 heterocycles. The third-order valence-corrected chi connectivity index (χ3v) is 5.05. The van der Waals surface area contributed by atoms with Gasteiger partial charge in [-0.25, -0.2) is 0 Å². The molecule has 1 aliphatic heterocycles. The van der Waals surface area contributed by atoms with Crippen LogP contribution in [0.15, 0.2) is 6.07 Å². The van der Waals surface area contributed by atoms with E-state index in [4.69, 9.17) is 5.73 Å². The summed E-state index contributed by atoms with van der Waals surface area (Å²) in [7, 11) is 0. The van der Waals surface area contributed by atoms with E-state index in [9.17, 15) is 14.4 Å². The fourth-order valence-corrected chi connectivity index (χ4v) is 3.41. The quantitative estimate of drug-likeness (QED) is 0.883. The number of hydrogen-bond donors (Lipinski definition) is 2. The van der Waals surface area contributed by atoms with Crippen LogP contribution in [0.2, 0.25) is 0 Å². The van der Waals surface area contributed by atoms with E-state index in [0.717, 1.165) is 5.56 Å². The number of likely N-dealkylation sites (tertiary alicyclic amines) is 1. The molecule has 1 unspecified atom stereocenters. The molecule has 1 aromatic heterocycles. The van der Waals surface area contributed by atoms with Crippen LogP contribution in [0.4, 0.5) is 5.00 Å². The second kappa shape index (κ2) is 6.31. The molecule has 126 valence electrons. The Balaban J connectivity index is 2.11. The van der Waals surface area contributed by atoms with Gasteiger partial charge in [-0.3, -0.25) is 14.4 Å². The van der Waals surface area contributed by atoms with Gasteiger partial charge in [0.2, 0.25) is 11.8 Å². The molecule has 0 aromatic carbocycles. The molecular formula is C16H23N3O3S. The maximum atomic E-state index is 12.6. The van der Waals surface area contributed by atoms with E-state index in [1.165, 1.54) is 11.3 Å². The average Bonchev–Trinajstić information content (AvgIpc) is 3.04. The van der Waals surface area contributed by atoms with Crippen molar-refractivity contribution < 1.29 is 14.4 Å². The minimum Gasteiger partial charge on any atom is -0.369 e. The number of thiophene rings is 1. The molecule has 3 N–H and O–H groups in total. The van der Waals surface area contributed by atoms with Crippen LogP contribution in [0.25, 0.3) is 0 Å². The summed E-state index contributed by atoms with van der Waals surface area (Å²) in [6.07, 6.45) is 0.610. The van der Waals surface area contributed by atoms with Gasteiger partial charge in [-0.05, 0) is 25.0 Å². The second-order valence-electron chi connectivity index (χ2n) is 6.97. The van der Waals surface area contributed by atoms with Gasteiger partial charge in [0.15, 0.2) is 0 Å². The van der Waals surface area contributed by atoms with Gasteiger partial charge in [0.1, 0.15) is 0 Å². The number of anilines is 1. The van der Waals surface area contributed by atoms with E-state index in [1.807, 2.05) is 33.8 Å². The first-order valence-electron chi connectivity index (χ1n) is 7.60. The highest BCUT2D eigenvalue weighted by Crippen LogP contribution is 2.30. The molecule has 0 radical (unpaired) electrons. The van der Waals surface area contributed by atoms with E-state index in [-0.39, 0.29) is 23.6 Å². The molecule has 1 fully saturated rings. The number of nitrogens with two attached hydrogens (primary N) is 1. The van der Waals surface area contributed by atoms with Crippen LogP contribution in [-0.4, -0.2) is 35.7 Å². The van der Waals surface area contributed by atoms with Crippen molar-refractivity contribution in [3.8, 4) is 0 Å². The normalized spacial score (nSPS) is 18.1. The van der Waals surface area contributed by atoms with Crippen LogP contribution in [0.5, 0.6) is 0 Å². The van der Waals surface area contributed by atoms with E-state index in [2.05, 4.69) is 5.32 Å². The van der Waals surface area contributed by atoms with E-state index >= 15 is 0 Å². The van der Waals surface area contributed by atoms with Crippen molar-refractivity contribution in [3.63, 3.8) is 0 Å². The Hall–Kier alpha value is -1.89. The Morgan fingerprint density at radius 1 is 1.35 bits per heavy atom. The second-order valence-corrected chi connectivity index (χ2v) is 8.02. The first-order valence-corrected chi connectivity index (χ1v) is 8.41. The van der Waals surface area contributed by atoms with Gasteiger partial charge >= 0.3 is 0 Å². The van der Waals surface area contributed by atoms with Gasteiger partial charge in [0, 0.05) is 18.5 Å². The lowest BCUT2D eigenvalue weighted by molar-refractivity contribution is -0.123. The number of amides is 3.